The van der Waals surface area contributed by atoms with Crippen molar-refractivity contribution in [3.05, 3.63) is 47.0 Å². The number of nitrogens with one attached hydrogen (secondary N) is 1. The predicted molar refractivity (Wildman–Crippen MR) is 86.5 cm³/mol. The minimum atomic E-state index is -3.82. The number of anilines is 1. The average molecular weight is 342 g/mol. The molecule has 0 aliphatic heterocycles. The molecule has 5 nitrogen and oxygen atoms in total. The molecule has 0 atom stereocenters. The van der Waals surface area contributed by atoms with Crippen LogP contribution in [0, 0.1) is 6.92 Å². The maximum atomic E-state index is 12.6. The van der Waals surface area contributed by atoms with E-state index in [2.05, 4.69) is 4.72 Å². The van der Waals surface area contributed by atoms with Crippen LogP contribution in [0.2, 0.25) is 5.02 Å². The van der Waals surface area contributed by atoms with Crippen molar-refractivity contribution in [3.8, 4) is 11.5 Å². The zero-order chi connectivity index (χ0) is 16.3. The Labute approximate surface area is 134 Å². The number of sulfonamides is 1. The largest absolute Gasteiger partial charge is 0.497 e. The van der Waals surface area contributed by atoms with E-state index in [4.69, 9.17) is 21.1 Å². The number of ether oxygens (including phenoxy) is 2. The van der Waals surface area contributed by atoms with Crippen molar-refractivity contribution < 1.29 is 17.9 Å². The topological polar surface area (TPSA) is 64.6 Å². The molecule has 118 valence electrons. The Balaban J connectivity index is 2.41. The number of aryl methyl sites for hydroxylation is 1. The van der Waals surface area contributed by atoms with E-state index in [1.165, 1.54) is 13.2 Å². The Morgan fingerprint density at radius 3 is 2.23 bits per heavy atom. The maximum absolute atomic E-state index is 12.6. The molecule has 0 fully saturated rings. The van der Waals surface area contributed by atoms with Gasteiger partial charge in [0.15, 0.2) is 0 Å². The van der Waals surface area contributed by atoms with Crippen LogP contribution in [0.1, 0.15) is 5.56 Å². The molecular formula is C15H16ClNO4S. The van der Waals surface area contributed by atoms with E-state index in [9.17, 15) is 8.42 Å². The lowest BCUT2D eigenvalue weighted by molar-refractivity contribution is 0.399. The molecule has 0 aliphatic rings. The minimum absolute atomic E-state index is 0.00387. The molecule has 0 aromatic heterocycles. The van der Waals surface area contributed by atoms with Crippen molar-refractivity contribution in [2.75, 3.05) is 18.9 Å². The molecule has 7 heteroatoms. The van der Waals surface area contributed by atoms with Crippen LogP contribution >= 0.6 is 11.6 Å². The van der Waals surface area contributed by atoms with E-state index in [-0.39, 0.29) is 10.6 Å². The molecule has 0 radical (unpaired) electrons. The van der Waals surface area contributed by atoms with Crippen LogP contribution in [0.25, 0.3) is 0 Å². The molecule has 0 saturated carbocycles. The Morgan fingerprint density at radius 1 is 1.05 bits per heavy atom. The van der Waals surface area contributed by atoms with Crippen LogP contribution in [0.3, 0.4) is 0 Å². The predicted octanol–water partition coefficient (Wildman–Crippen LogP) is 3.47. The smallest absolute Gasteiger partial charge is 0.265 e. The van der Waals surface area contributed by atoms with Gasteiger partial charge in [0.1, 0.15) is 16.4 Å². The quantitative estimate of drug-likeness (QED) is 0.904. The van der Waals surface area contributed by atoms with Gasteiger partial charge in [-0.3, -0.25) is 4.72 Å². The molecule has 22 heavy (non-hydrogen) atoms. The summed E-state index contributed by atoms with van der Waals surface area (Å²) < 4.78 is 37.8. The van der Waals surface area contributed by atoms with E-state index >= 15 is 0 Å². The summed E-state index contributed by atoms with van der Waals surface area (Å²) in [5.74, 6) is 0.907. The normalized spacial score (nSPS) is 11.1. The SMILES string of the molecule is COc1ccc(NS(=O)(=O)c2cc(Cl)cc(C)c2OC)cc1. The number of hydrogen-bond acceptors (Lipinski definition) is 4. The molecule has 2 rings (SSSR count). The van der Waals surface area contributed by atoms with Gasteiger partial charge < -0.3 is 9.47 Å². The first-order valence-corrected chi connectivity index (χ1v) is 8.24. The van der Waals surface area contributed by atoms with Crippen LogP contribution in [-0.2, 0) is 10.0 Å². The van der Waals surface area contributed by atoms with Gasteiger partial charge in [0.2, 0.25) is 0 Å². The summed E-state index contributed by atoms with van der Waals surface area (Å²) in [6.07, 6.45) is 0. The zero-order valence-corrected chi connectivity index (χ0v) is 14.0. The van der Waals surface area contributed by atoms with Gasteiger partial charge in [0.25, 0.3) is 10.0 Å². The van der Waals surface area contributed by atoms with Gasteiger partial charge in [-0.2, -0.15) is 0 Å². The Kier molecular flexibility index (Phi) is 4.83. The molecule has 0 amide bonds. The highest BCUT2D eigenvalue weighted by molar-refractivity contribution is 7.92. The zero-order valence-electron chi connectivity index (χ0n) is 12.4. The molecule has 2 aromatic rings. The summed E-state index contributed by atoms with van der Waals surface area (Å²) >= 11 is 5.96. The number of methoxy groups -OCH3 is 2. The lowest BCUT2D eigenvalue weighted by atomic mass is 10.2. The van der Waals surface area contributed by atoms with Crippen molar-refractivity contribution in [1.29, 1.82) is 0 Å². The van der Waals surface area contributed by atoms with Crippen LogP contribution in [0.15, 0.2) is 41.3 Å². The van der Waals surface area contributed by atoms with E-state index in [0.717, 1.165) is 0 Å². The standard InChI is InChI=1S/C15H16ClNO4S/c1-10-8-11(16)9-14(15(10)21-3)22(18,19)17-12-4-6-13(20-2)7-5-12/h4-9,17H,1-3H3. The van der Waals surface area contributed by atoms with E-state index in [1.807, 2.05) is 0 Å². The first kappa shape index (κ1) is 16.5. The lowest BCUT2D eigenvalue weighted by Gasteiger charge is -2.14. The second kappa shape index (κ2) is 6.46. The number of hydrogen-bond donors (Lipinski definition) is 1. The van der Waals surface area contributed by atoms with Crippen LogP contribution in [0.5, 0.6) is 11.5 Å². The third-order valence-corrected chi connectivity index (χ3v) is 4.65. The van der Waals surface area contributed by atoms with E-state index < -0.39 is 10.0 Å². The summed E-state index contributed by atoms with van der Waals surface area (Å²) in [6.45, 7) is 1.73. The lowest BCUT2D eigenvalue weighted by Crippen LogP contribution is -2.14. The van der Waals surface area contributed by atoms with Gasteiger partial charge in [0, 0.05) is 10.7 Å². The molecule has 0 saturated heterocycles. The Hall–Kier alpha value is -1.92. The summed E-state index contributed by atoms with van der Waals surface area (Å²) in [5.41, 5.74) is 1.06. The average Bonchev–Trinajstić information content (AvgIpc) is 2.47. The van der Waals surface area contributed by atoms with Crippen molar-refractivity contribution in [2.45, 2.75) is 11.8 Å². The first-order valence-electron chi connectivity index (χ1n) is 6.38. The van der Waals surface area contributed by atoms with Gasteiger partial charge >= 0.3 is 0 Å². The monoisotopic (exact) mass is 341 g/mol. The van der Waals surface area contributed by atoms with Crippen molar-refractivity contribution in [2.24, 2.45) is 0 Å². The summed E-state index contributed by atoms with van der Waals surface area (Å²) in [5, 5.41) is 0.327. The summed E-state index contributed by atoms with van der Waals surface area (Å²) in [4.78, 5) is -0.00387. The fourth-order valence-corrected chi connectivity index (χ4v) is 3.69. The number of benzene rings is 2. The molecule has 2 aromatic carbocycles. The third-order valence-electron chi connectivity index (χ3n) is 3.04. The summed E-state index contributed by atoms with van der Waals surface area (Å²) in [6, 6.07) is 9.56. The van der Waals surface area contributed by atoms with Crippen LogP contribution in [0.4, 0.5) is 5.69 Å². The van der Waals surface area contributed by atoms with E-state index in [0.29, 0.717) is 22.0 Å². The van der Waals surface area contributed by atoms with Crippen molar-refractivity contribution in [3.63, 3.8) is 0 Å². The van der Waals surface area contributed by atoms with Crippen LogP contribution in [-0.4, -0.2) is 22.6 Å². The third kappa shape index (κ3) is 3.45. The highest BCUT2D eigenvalue weighted by atomic mass is 35.5. The van der Waals surface area contributed by atoms with Crippen molar-refractivity contribution in [1.82, 2.24) is 0 Å². The van der Waals surface area contributed by atoms with Crippen LogP contribution < -0.4 is 14.2 Å². The fraction of sp³-hybridized carbons (Fsp3) is 0.200. The molecule has 0 unspecified atom stereocenters. The van der Waals surface area contributed by atoms with Gasteiger partial charge in [-0.1, -0.05) is 11.6 Å². The summed E-state index contributed by atoms with van der Waals surface area (Å²) in [7, 11) is -0.861. The Morgan fingerprint density at radius 2 is 1.68 bits per heavy atom. The number of rotatable bonds is 5. The molecule has 1 N–H and O–H groups in total. The maximum Gasteiger partial charge on any atom is 0.265 e. The Bertz CT molecular complexity index is 773. The molecular weight excluding hydrogens is 326 g/mol. The van der Waals surface area contributed by atoms with Gasteiger partial charge in [-0.05, 0) is 48.9 Å². The molecule has 0 aliphatic carbocycles. The highest BCUT2D eigenvalue weighted by Gasteiger charge is 2.22. The van der Waals surface area contributed by atoms with Gasteiger partial charge in [-0.15, -0.1) is 0 Å². The molecule has 0 bridgehead atoms. The second-order valence-electron chi connectivity index (χ2n) is 4.59. The fourth-order valence-electron chi connectivity index (χ4n) is 2.03. The number of halogens is 1. The van der Waals surface area contributed by atoms with Gasteiger partial charge in [0.05, 0.1) is 14.2 Å². The first-order chi connectivity index (χ1) is 10.4. The van der Waals surface area contributed by atoms with Crippen molar-refractivity contribution >= 4 is 27.3 Å². The van der Waals surface area contributed by atoms with Gasteiger partial charge in [-0.25, -0.2) is 8.42 Å². The highest BCUT2D eigenvalue weighted by Crippen LogP contribution is 2.32. The minimum Gasteiger partial charge on any atom is -0.497 e. The second-order valence-corrected chi connectivity index (χ2v) is 6.68. The molecule has 0 spiro atoms. The van der Waals surface area contributed by atoms with E-state index in [1.54, 1.807) is 44.4 Å². The molecule has 0 heterocycles.